The molecule has 0 saturated carbocycles. The number of hydrogen-bond donors (Lipinski definition) is 1. The first-order chi connectivity index (χ1) is 9.54. The highest BCUT2D eigenvalue weighted by molar-refractivity contribution is 6.91. The van der Waals surface area contributed by atoms with E-state index in [4.69, 9.17) is 9.47 Å². The van der Waals surface area contributed by atoms with Gasteiger partial charge in [0.15, 0.2) is 0 Å². The monoisotopic (exact) mass is 294 g/mol. The van der Waals surface area contributed by atoms with Gasteiger partial charge in [-0.15, -0.1) is 0 Å². The molecule has 1 N–H and O–H groups in total. The third kappa shape index (κ3) is 4.47. The summed E-state index contributed by atoms with van der Waals surface area (Å²) in [6, 6.07) is 10.4. The minimum absolute atomic E-state index is 0.0522. The van der Waals surface area contributed by atoms with E-state index in [9.17, 15) is 5.11 Å². The lowest BCUT2D eigenvalue weighted by Gasteiger charge is -2.34. The third-order valence-electron chi connectivity index (χ3n) is 3.65. The normalized spacial score (nSPS) is 15.2. The van der Waals surface area contributed by atoms with Gasteiger partial charge in [-0.1, -0.05) is 48.6 Å². The molecule has 1 aromatic carbocycles. The summed E-state index contributed by atoms with van der Waals surface area (Å²) in [5.74, 6) is 0. The fourth-order valence-electron chi connectivity index (χ4n) is 2.42. The maximum Gasteiger partial charge on any atom is 0.0904 e. The van der Waals surface area contributed by atoms with E-state index in [1.54, 1.807) is 13.4 Å². The van der Waals surface area contributed by atoms with Crippen molar-refractivity contribution >= 4 is 13.3 Å². The van der Waals surface area contributed by atoms with E-state index in [1.807, 2.05) is 19.1 Å². The van der Waals surface area contributed by atoms with E-state index < -0.39 is 14.2 Å². The van der Waals surface area contributed by atoms with Crippen LogP contribution in [0.4, 0.5) is 0 Å². The Morgan fingerprint density at radius 3 is 2.45 bits per heavy atom. The average molecular weight is 294 g/mol. The van der Waals surface area contributed by atoms with Gasteiger partial charge in [-0.25, -0.2) is 0 Å². The van der Waals surface area contributed by atoms with Crippen molar-refractivity contribution in [3.8, 4) is 0 Å². The number of aliphatic hydroxyl groups excluding tert-OH is 1. The largest absolute Gasteiger partial charge is 0.502 e. The average Bonchev–Trinajstić information content (AvgIpc) is 2.44. The van der Waals surface area contributed by atoms with Gasteiger partial charge in [-0.05, 0) is 13.0 Å². The number of aliphatic hydroxyl groups is 1. The first-order valence-corrected chi connectivity index (χ1v) is 10.1. The number of methoxy groups -OCH3 is 1. The van der Waals surface area contributed by atoms with Crippen LogP contribution in [0.15, 0.2) is 42.7 Å². The molecule has 1 rings (SSSR count). The van der Waals surface area contributed by atoms with Crippen LogP contribution >= 0.6 is 0 Å². The number of ether oxygens (including phenoxy) is 2. The maximum absolute atomic E-state index is 10.4. The fourth-order valence-corrected chi connectivity index (χ4v) is 5.48. The second kappa shape index (κ2) is 8.24. The molecule has 0 saturated heterocycles. The highest BCUT2D eigenvalue weighted by atomic mass is 28.3. The van der Waals surface area contributed by atoms with Crippen LogP contribution in [0.5, 0.6) is 0 Å². The zero-order chi connectivity index (χ0) is 15.0. The quantitative estimate of drug-likeness (QED) is 0.591. The van der Waals surface area contributed by atoms with Crippen molar-refractivity contribution in [2.45, 2.75) is 31.7 Å². The van der Waals surface area contributed by atoms with Crippen LogP contribution in [0.2, 0.25) is 18.6 Å². The number of benzene rings is 1. The van der Waals surface area contributed by atoms with Crippen LogP contribution in [-0.2, 0) is 9.47 Å². The van der Waals surface area contributed by atoms with Crippen molar-refractivity contribution in [1.82, 2.24) is 0 Å². The first kappa shape index (κ1) is 16.9. The lowest BCUT2D eigenvalue weighted by Crippen LogP contribution is -2.50. The third-order valence-corrected chi connectivity index (χ3v) is 7.72. The molecule has 0 radical (unpaired) electrons. The summed E-state index contributed by atoms with van der Waals surface area (Å²) in [5.41, 5.74) is 0.0522. The van der Waals surface area contributed by atoms with Crippen molar-refractivity contribution in [2.75, 3.05) is 20.3 Å². The van der Waals surface area contributed by atoms with E-state index in [2.05, 4.69) is 37.4 Å². The van der Waals surface area contributed by atoms with Crippen LogP contribution in [0.3, 0.4) is 0 Å². The Morgan fingerprint density at radius 1 is 1.25 bits per heavy atom. The Hall–Kier alpha value is -1.10. The summed E-state index contributed by atoms with van der Waals surface area (Å²) < 4.78 is 10.4. The van der Waals surface area contributed by atoms with Gasteiger partial charge in [0.2, 0.25) is 0 Å². The lowest BCUT2D eigenvalue weighted by molar-refractivity contribution is 0.0652. The molecule has 1 aromatic rings. The predicted molar refractivity (Wildman–Crippen MR) is 86.0 cm³/mol. The molecule has 0 aliphatic heterocycles. The summed E-state index contributed by atoms with van der Waals surface area (Å²) in [5, 5.41) is 11.7. The van der Waals surface area contributed by atoms with Gasteiger partial charge in [0, 0.05) is 12.7 Å². The summed E-state index contributed by atoms with van der Waals surface area (Å²) in [4.78, 5) is 0. The van der Waals surface area contributed by atoms with Crippen molar-refractivity contribution in [3.63, 3.8) is 0 Å². The van der Waals surface area contributed by atoms with Crippen LogP contribution < -0.4 is 5.19 Å². The van der Waals surface area contributed by atoms with E-state index >= 15 is 0 Å². The van der Waals surface area contributed by atoms with Gasteiger partial charge in [-0.3, -0.25) is 0 Å². The molecule has 0 spiro atoms. The van der Waals surface area contributed by atoms with Gasteiger partial charge in [-0.2, -0.15) is 0 Å². The second-order valence-corrected chi connectivity index (χ2v) is 10.1. The Bertz CT molecular complexity index is 403. The second-order valence-electron chi connectivity index (χ2n) is 5.42. The minimum Gasteiger partial charge on any atom is -0.502 e. The number of hydrogen-bond acceptors (Lipinski definition) is 3. The van der Waals surface area contributed by atoms with Crippen molar-refractivity contribution in [1.29, 1.82) is 0 Å². The summed E-state index contributed by atoms with van der Waals surface area (Å²) in [6.45, 7) is 7.45. The minimum atomic E-state index is -1.86. The van der Waals surface area contributed by atoms with Gasteiger partial charge >= 0.3 is 0 Å². The topological polar surface area (TPSA) is 38.7 Å². The highest BCUT2D eigenvalue weighted by Crippen LogP contribution is 2.27. The molecule has 0 aliphatic rings. The molecule has 20 heavy (non-hydrogen) atoms. The fraction of sp³-hybridized carbons (Fsp3) is 0.500. The Labute approximate surface area is 123 Å². The van der Waals surface area contributed by atoms with Crippen LogP contribution in [0.1, 0.15) is 6.92 Å². The molecular formula is C16H26O3Si. The van der Waals surface area contributed by atoms with E-state index in [0.717, 1.165) is 0 Å². The zero-order valence-electron chi connectivity index (χ0n) is 12.9. The molecule has 0 aliphatic carbocycles. The molecular weight excluding hydrogens is 268 g/mol. The van der Waals surface area contributed by atoms with Crippen molar-refractivity contribution in [3.05, 3.63) is 42.7 Å². The predicted octanol–water partition coefficient (Wildman–Crippen LogP) is 2.53. The summed E-state index contributed by atoms with van der Waals surface area (Å²) in [7, 11) is -0.241. The molecule has 2 atom stereocenters. The SMILES string of the molecule is CCO/C=C/[C@H]([C@@H](O)COC)[Si](C)(C)c1ccccc1. The molecule has 0 fully saturated rings. The van der Waals surface area contributed by atoms with E-state index in [-0.39, 0.29) is 5.54 Å². The van der Waals surface area contributed by atoms with Crippen molar-refractivity contribution in [2.24, 2.45) is 0 Å². The van der Waals surface area contributed by atoms with Crippen molar-refractivity contribution < 1.29 is 14.6 Å². The zero-order valence-corrected chi connectivity index (χ0v) is 13.9. The van der Waals surface area contributed by atoms with Crippen LogP contribution in [0, 0.1) is 0 Å². The molecule has 3 nitrogen and oxygen atoms in total. The Balaban J connectivity index is 3.01. The van der Waals surface area contributed by atoms with E-state index in [1.165, 1.54) is 5.19 Å². The van der Waals surface area contributed by atoms with Gasteiger partial charge in [0.25, 0.3) is 0 Å². The molecule has 0 heterocycles. The smallest absolute Gasteiger partial charge is 0.0904 e. The van der Waals surface area contributed by atoms with Gasteiger partial charge < -0.3 is 14.6 Å². The van der Waals surface area contributed by atoms with E-state index in [0.29, 0.717) is 13.2 Å². The summed E-state index contributed by atoms with van der Waals surface area (Å²) in [6.07, 6.45) is 3.19. The standard InChI is InChI=1S/C16H26O3Si/c1-5-19-12-11-16(15(17)13-18-2)20(3,4)14-9-7-6-8-10-14/h6-12,15-17H,5,13H2,1-4H3/b12-11+/t15-,16+/m0/s1. The molecule has 0 aromatic heterocycles. The van der Waals surface area contributed by atoms with Gasteiger partial charge in [0.05, 0.1) is 33.7 Å². The highest BCUT2D eigenvalue weighted by Gasteiger charge is 2.36. The van der Waals surface area contributed by atoms with Gasteiger partial charge in [0.1, 0.15) is 0 Å². The van der Waals surface area contributed by atoms with Crippen LogP contribution in [0.25, 0.3) is 0 Å². The molecule has 4 heteroatoms. The number of rotatable bonds is 8. The first-order valence-electron chi connectivity index (χ1n) is 7.04. The molecule has 0 bridgehead atoms. The molecule has 0 unspecified atom stereocenters. The molecule has 0 amide bonds. The maximum atomic E-state index is 10.4. The summed E-state index contributed by atoms with van der Waals surface area (Å²) >= 11 is 0. The lowest BCUT2D eigenvalue weighted by atomic mass is 10.2. The Kier molecular flexibility index (Phi) is 6.99. The van der Waals surface area contributed by atoms with Crippen LogP contribution in [-0.4, -0.2) is 39.6 Å². The molecule has 112 valence electrons. The Morgan fingerprint density at radius 2 is 1.90 bits per heavy atom.